The lowest BCUT2D eigenvalue weighted by molar-refractivity contribution is 0.576. The average Bonchev–Trinajstić information content (AvgIpc) is 2.56. The van der Waals surface area contributed by atoms with Crippen LogP contribution in [0.25, 0.3) is 11.3 Å². The van der Waals surface area contributed by atoms with Gasteiger partial charge in [0.05, 0.1) is 18.1 Å². The molecule has 0 fully saturated rings. The van der Waals surface area contributed by atoms with Gasteiger partial charge in [-0.2, -0.15) is 0 Å². The molecule has 0 aliphatic heterocycles. The molecule has 0 amide bonds. The first-order valence-corrected chi connectivity index (χ1v) is 8.13. The Morgan fingerprint density at radius 3 is 2.50 bits per heavy atom. The Balaban J connectivity index is 2.58. The lowest BCUT2D eigenvalue weighted by Gasteiger charge is -2.22. The summed E-state index contributed by atoms with van der Waals surface area (Å²) in [5, 5.41) is 0. The van der Waals surface area contributed by atoms with Crippen molar-refractivity contribution in [3.63, 3.8) is 0 Å². The molecule has 26 heavy (non-hydrogen) atoms. The van der Waals surface area contributed by atoms with E-state index in [2.05, 4.69) is 20.0 Å². The molecular formula is C19H23FN6. The third-order valence-electron chi connectivity index (χ3n) is 3.60. The Hall–Kier alpha value is -3.09. The van der Waals surface area contributed by atoms with E-state index in [0.717, 1.165) is 5.56 Å². The van der Waals surface area contributed by atoms with Gasteiger partial charge >= 0.3 is 0 Å². The first kappa shape index (κ1) is 19.2. The molecule has 1 heterocycles. The van der Waals surface area contributed by atoms with Crippen molar-refractivity contribution in [2.24, 2.45) is 15.7 Å². The van der Waals surface area contributed by atoms with Crippen LogP contribution in [-0.2, 0) is 5.41 Å². The molecule has 0 aliphatic carbocycles. The molecule has 4 N–H and O–H groups in total. The zero-order chi connectivity index (χ0) is 19.3. The van der Waals surface area contributed by atoms with E-state index in [9.17, 15) is 0 Å². The molecule has 0 aliphatic rings. The summed E-state index contributed by atoms with van der Waals surface area (Å²) >= 11 is 0. The fourth-order valence-corrected chi connectivity index (χ4v) is 2.34. The van der Waals surface area contributed by atoms with E-state index in [4.69, 9.17) is 11.5 Å². The zero-order valence-corrected chi connectivity index (χ0v) is 15.4. The first-order chi connectivity index (χ1) is 12.2. The number of aromatic nitrogens is 2. The molecule has 136 valence electrons. The SMILES string of the molecule is C/C=C/C(N)=N\C=N/c1c(C(C)(C)C)ccc(-c2cnc(N)cn2)c1F. The van der Waals surface area contributed by atoms with Crippen LogP contribution in [0, 0.1) is 5.82 Å². The number of benzene rings is 1. The Labute approximate surface area is 152 Å². The molecule has 0 saturated carbocycles. The van der Waals surface area contributed by atoms with Crippen LogP contribution in [0.2, 0.25) is 0 Å². The monoisotopic (exact) mass is 354 g/mol. The Bertz CT molecular complexity index is 861. The molecular weight excluding hydrogens is 331 g/mol. The summed E-state index contributed by atoms with van der Waals surface area (Å²) in [6, 6.07) is 3.51. The number of amidine groups is 1. The number of hydrogen-bond donors (Lipinski definition) is 2. The van der Waals surface area contributed by atoms with Gasteiger partial charge in [-0.3, -0.25) is 4.98 Å². The van der Waals surface area contributed by atoms with Gasteiger partial charge in [-0.05, 0) is 30.0 Å². The van der Waals surface area contributed by atoms with E-state index in [1.165, 1.54) is 18.7 Å². The largest absolute Gasteiger partial charge is 0.384 e. The van der Waals surface area contributed by atoms with Crippen LogP contribution < -0.4 is 11.5 Å². The summed E-state index contributed by atoms with van der Waals surface area (Å²) in [5.41, 5.74) is 12.6. The van der Waals surface area contributed by atoms with Gasteiger partial charge in [0.1, 0.15) is 23.7 Å². The first-order valence-electron chi connectivity index (χ1n) is 8.13. The molecule has 0 saturated heterocycles. The molecule has 1 aromatic carbocycles. The Morgan fingerprint density at radius 2 is 1.92 bits per heavy atom. The fourth-order valence-electron chi connectivity index (χ4n) is 2.34. The van der Waals surface area contributed by atoms with Crippen LogP contribution in [0.4, 0.5) is 15.9 Å². The van der Waals surface area contributed by atoms with Crippen molar-refractivity contribution in [1.29, 1.82) is 0 Å². The van der Waals surface area contributed by atoms with Gasteiger partial charge in [0.2, 0.25) is 0 Å². The average molecular weight is 354 g/mol. The smallest absolute Gasteiger partial charge is 0.158 e. The van der Waals surface area contributed by atoms with Gasteiger partial charge in [0.15, 0.2) is 5.82 Å². The second-order valence-corrected chi connectivity index (χ2v) is 6.70. The Kier molecular flexibility index (Phi) is 5.82. The predicted octanol–water partition coefficient (Wildman–Crippen LogP) is 3.76. The molecule has 7 heteroatoms. The normalized spacial score (nSPS) is 13.0. The second kappa shape index (κ2) is 7.86. The number of nitrogens with two attached hydrogens (primary N) is 2. The lowest BCUT2D eigenvalue weighted by atomic mass is 9.85. The van der Waals surface area contributed by atoms with Gasteiger partial charge in [0, 0.05) is 5.56 Å². The lowest BCUT2D eigenvalue weighted by Crippen LogP contribution is -2.12. The van der Waals surface area contributed by atoms with Crippen LogP contribution in [0.5, 0.6) is 0 Å². The van der Waals surface area contributed by atoms with Crippen molar-refractivity contribution in [2.75, 3.05) is 5.73 Å². The van der Waals surface area contributed by atoms with Gasteiger partial charge < -0.3 is 11.5 Å². The number of rotatable bonds is 4. The molecule has 6 nitrogen and oxygen atoms in total. The van der Waals surface area contributed by atoms with Crippen molar-refractivity contribution in [3.05, 3.63) is 48.1 Å². The standard InChI is InChI=1S/C19H23FN6/c1-5-6-15(21)25-11-26-18-13(19(2,3)4)8-7-12(17(18)20)14-9-24-16(22)10-23-14/h5-11H,1-4H3,(H2,22,24)(H2,21,25,26)/b6-5+. The van der Waals surface area contributed by atoms with E-state index < -0.39 is 5.82 Å². The maximum absolute atomic E-state index is 15.2. The molecule has 0 bridgehead atoms. The van der Waals surface area contributed by atoms with Crippen LogP contribution >= 0.6 is 0 Å². The number of anilines is 1. The molecule has 1 aromatic heterocycles. The number of nitrogen functional groups attached to an aromatic ring is 1. The van der Waals surface area contributed by atoms with Gasteiger partial charge in [0.25, 0.3) is 0 Å². The highest BCUT2D eigenvalue weighted by Gasteiger charge is 2.23. The van der Waals surface area contributed by atoms with E-state index in [1.807, 2.05) is 33.8 Å². The van der Waals surface area contributed by atoms with Gasteiger partial charge in [-0.1, -0.05) is 32.9 Å². The summed E-state index contributed by atoms with van der Waals surface area (Å²) in [6.45, 7) is 7.79. The maximum Gasteiger partial charge on any atom is 0.158 e. The van der Waals surface area contributed by atoms with Crippen LogP contribution in [0.1, 0.15) is 33.3 Å². The van der Waals surface area contributed by atoms with E-state index in [-0.39, 0.29) is 22.8 Å². The van der Waals surface area contributed by atoms with Crippen molar-refractivity contribution in [3.8, 4) is 11.3 Å². The highest BCUT2D eigenvalue weighted by Crippen LogP contribution is 2.37. The maximum atomic E-state index is 15.2. The minimum atomic E-state index is -0.493. The molecule has 0 unspecified atom stereocenters. The number of halogens is 1. The van der Waals surface area contributed by atoms with Crippen molar-refractivity contribution in [2.45, 2.75) is 33.1 Å². The number of nitrogens with zero attached hydrogens (tertiary/aromatic N) is 4. The highest BCUT2D eigenvalue weighted by molar-refractivity contribution is 5.96. The van der Waals surface area contributed by atoms with Crippen molar-refractivity contribution >= 4 is 23.7 Å². The zero-order valence-electron chi connectivity index (χ0n) is 15.4. The van der Waals surface area contributed by atoms with Crippen molar-refractivity contribution < 1.29 is 4.39 Å². The van der Waals surface area contributed by atoms with Crippen LogP contribution in [-0.4, -0.2) is 22.1 Å². The molecule has 0 spiro atoms. The predicted molar refractivity (Wildman–Crippen MR) is 105 cm³/mol. The summed E-state index contributed by atoms with van der Waals surface area (Å²) in [7, 11) is 0. The van der Waals surface area contributed by atoms with E-state index >= 15 is 4.39 Å². The quantitative estimate of drug-likeness (QED) is 0.644. The summed E-state index contributed by atoms with van der Waals surface area (Å²) in [4.78, 5) is 16.3. The summed E-state index contributed by atoms with van der Waals surface area (Å²) < 4.78 is 15.2. The van der Waals surface area contributed by atoms with E-state index in [0.29, 0.717) is 11.3 Å². The summed E-state index contributed by atoms with van der Waals surface area (Å²) in [6.07, 6.45) is 7.46. The highest BCUT2D eigenvalue weighted by atomic mass is 19.1. The third kappa shape index (κ3) is 4.50. The van der Waals surface area contributed by atoms with Gasteiger partial charge in [-0.15, -0.1) is 0 Å². The minimum absolute atomic E-state index is 0.200. The molecule has 0 radical (unpaired) electrons. The van der Waals surface area contributed by atoms with Crippen LogP contribution in [0.3, 0.4) is 0 Å². The number of allylic oxidation sites excluding steroid dienone is 1. The van der Waals surface area contributed by atoms with E-state index in [1.54, 1.807) is 18.2 Å². The fraction of sp³-hybridized carbons (Fsp3) is 0.263. The van der Waals surface area contributed by atoms with Crippen LogP contribution in [0.15, 0.2) is 46.7 Å². The number of hydrogen-bond acceptors (Lipinski definition) is 4. The molecule has 2 aromatic rings. The topological polar surface area (TPSA) is 103 Å². The molecule has 0 atom stereocenters. The number of aliphatic imine (C=N–C) groups is 2. The summed E-state index contributed by atoms with van der Waals surface area (Å²) in [5.74, 6) is 0.0644. The molecule has 2 rings (SSSR count). The minimum Gasteiger partial charge on any atom is -0.384 e. The third-order valence-corrected chi connectivity index (χ3v) is 3.60. The second-order valence-electron chi connectivity index (χ2n) is 6.70. The van der Waals surface area contributed by atoms with Gasteiger partial charge in [-0.25, -0.2) is 19.4 Å². The van der Waals surface area contributed by atoms with Crippen molar-refractivity contribution in [1.82, 2.24) is 9.97 Å². The Morgan fingerprint density at radius 1 is 1.19 bits per heavy atom.